The van der Waals surface area contributed by atoms with Gasteiger partial charge < -0.3 is 0 Å². The molecule has 1 atom stereocenters. The number of hydrogen-bond donors (Lipinski definition) is 0. The van der Waals surface area contributed by atoms with Gasteiger partial charge in [-0.2, -0.15) is 26.3 Å². The summed E-state index contributed by atoms with van der Waals surface area (Å²) in [6.45, 7) is 3.02. The largest absolute Gasteiger partial charge is 0.453 e. The van der Waals surface area contributed by atoms with Gasteiger partial charge in [0.1, 0.15) is 12.1 Å². The normalized spacial score (nSPS) is 14.0. The van der Waals surface area contributed by atoms with E-state index in [4.69, 9.17) is 0 Å². The Morgan fingerprint density at radius 2 is 1.71 bits per heavy atom. The van der Waals surface area contributed by atoms with E-state index in [0.29, 0.717) is 11.1 Å². The highest BCUT2D eigenvalue weighted by Gasteiger charge is 2.36. The van der Waals surface area contributed by atoms with Crippen LogP contribution in [0.25, 0.3) is 5.69 Å². The first-order valence-electron chi connectivity index (χ1n) is 6.44. The molecule has 24 heavy (non-hydrogen) atoms. The molecule has 132 valence electrons. The van der Waals surface area contributed by atoms with E-state index in [1.54, 1.807) is 6.92 Å². The Labute approximate surface area is 135 Å². The summed E-state index contributed by atoms with van der Waals surface area (Å²) in [6.07, 6.45) is -8.57. The minimum atomic E-state index is -4.74. The molecule has 0 amide bonds. The van der Waals surface area contributed by atoms with Crippen molar-refractivity contribution >= 4 is 10.8 Å². The number of halogens is 6. The average Bonchev–Trinajstić information content (AvgIpc) is 2.85. The van der Waals surface area contributed by atoms with Crippen LogP contribution in [-0.4, -0.2) is 30.9 Å². The Kier molecular flexibility index (Phi) is 4.75. The molecule has 2 aromatic rings. The van der Waals surface area contributed by atoms with Crippen LogP contribution in [0.2, 0.25) is 0 Å². The van der Waals surface area contributed by atoms with E-state index in [0.717, 1.165) is 17.1 Å². The van der Waals surface area contributed by atoms with Crippen LogP contribution in [-0.2, 0) is 17.0 Å². The fourth-order valence-electron chi connectivity index (χ4n) is 2.05. The predicted octanol–water partition coefficient (Wildman–Crippen LogP) is 3.57. The van der Waals surface area contributed by atoms with Crippen LogP contribution in [0.15, 0.2) is 23.4 Å². The minimum absolute atomic E-state index is 0.0779. The number of hydrogen-bond acceptors (Lipinski definition) is 3. The monoisotopic (exact) mass is 371 g/mol. The van der Waals surface area contributed by atoms with Gasteiger partial charge in [0.25, 0.3) is 5.82 Å². The van der Waals surface area contributed by atoms with E-state index < -0.39 is 34.7 Å². The third-order valence-electron chi connectivity index (χ3n) is 3.03. The SMILES string of the molecule is Cc1cc(C)c([S@@](=O)CC(F)(F)F)cc1-n1cnc(C(F)(F)F)n1. The zero-order chi connectivity index (χ0) is 18.3. The van der Waals surface area contributed by atoms with Gasteiger partial charge in [0.2, 0.25) is 0 Å². The zero-order valence-corrected chi connectivity index (χ0v) is 13.2. The van der Waals surface area contributed by atoms with Crippen molar-refractivity contribution in [3.63, 3.8) is 0 Å². The minimum Gasteiger partial charge on any atom is -0.254 e. The molecule has 0 radical (unpaired) electrons. The van der Waals surface area contributed by atoms with Crippen LogP contribution in [0.1, 0.15) is 17.0 Å². The molecule has 0 unspecified atom stereocenters. The summed E-state index contributed by atoms with van der Waals surface area (Å²) in [6, 6.07) is 2.58. The maximum Gasteiger partial charge on any atom is 0.453 e. The van der Waals surface area contributed by atoms with Crippen LogP contribution in [0.4, 0.5) is 26.3 Å². The van der Waals surface area contributed by atoms with E-state index in [2.05, 4.69) is 10.1 Å². The second-order valence-electron chi connectivity index (χ2n) is 5.02. The summed E-state index contributed by atoms with van der Waals surface area (Å²) in [5, 5.41) is 3.28. The van der Waals surface area contributed by atoms with Crippen molar-refractivity contribution in [1.29, 1.82) is 0 Å². The lowest BCUT2D eigenvalue weighted by atomic mass is 10.1. The zero-order valence-electron chi connectivity index (χ0n) is 12.4. The molecule has 0 aliphatic carbocycles. The average molecular weight is 371 g/mol. The van der Waals surface area contributed by atoms with Crippen molar-refractivity contribution in [2.75, 3.05) is 5.75 Å². The number of rotatable bonds is 3. The van der Waals surface area contributed by atoms with Crippen molar-refractivity contribution in [3.05, 3.63) is 35.4 Å². The highest BCUT2D eigenvalue weighted by Crippen LogP contribution is 2.28. The van der Waals surface area contributed by atoms with Gasteiger partial charge in [-0.15, -0.1) is 5.10 Å². The van der Waals surface area contributed by atoms with Crippen LogP contribution < -0.4 is 0 Å². The molecule has 11 heteroatoms. The Hall–Kier alpha value is -1.91. The third kappa shape index (κ3) is 4.13. The fourth-order valence-corrected chi connectivity index (χ4v) is 3.16. The van der Waals surface area contributed by atoms with Crippen LogP contribution in [0.3, 0.4) is 0 Å². The molecule has 0 saturated heterocycles. The highest BCUT2D eigenvalue weighted by molar-refractivity contribution is 7.85. The molecule has 0 fully saturated rings. The van der Waals surface area contributed by atoms with Crippen molar-refractivity contribution < 1.29 is 30.6 Å². The lowest BCUT2D eigenvalue weighted by Gasteiger charge is -2.13. The number of aromatic nitrogens is 3. The summed E-state index contributed by atoms with van der Waals surface area (Å²) < 4.78 is 87.6. The predicted molar refractivity (Wildman–Crippen MR) is 73.2 cm³/mol. The van der Waals surface area contributed by atoms with Crippen molar-refractivity contribution in [2.24, 2.45) is 0 Å². The Balaban J connectivity index is 2.47. The molecule has 0 N–H and O–H groups in total. The molecule has 1 aromatic heterocycles. The number of alkyl halides is 6. The van der Waals surface area contributed by atoms with E-state index in [9.17, 15) is 30.6 Å². The van der Waals surface area contributed by atoms with Gasteiger partial charge in [-0.05, 0) is 31.0 Å². The quantitative estimate of drug-likeness (QED) is 0.775. The molecule has 0 aliphatic rings. The van der Waals surface area contributed by atoms with Gasteiger partial charge in [0.15, 0.2) is 0 Å². The topological polar surface area (TPSA) is 47.8 Å². The Morgan fingerprint density at radius 1 is 1.08 bits per heavy atom. The highest BCUT2D eigenvalue weighted by atomic mass is 32.2. The molecule has 0 bridgehead atoms. The molecule has 0 spiro atoms. The second-order valence-corrected chi connectivity index (χ2v) is 6.44. The molecular weight excluding hydrogens is 360 g/mol. The van der Waals surface area contributed by atoms with Gasteiger partial charge >= 0.3 is 12.4 Å². The van der Waals surface area contributed by atoms with Crippen molar-refractivity contribution in [3.8, 4) is 5.69 Å². The first-order chi connectivity index (χ1) is 10.9. The van der Waals surface area contributed by atoms with Crippen LogP contribution in [0, 0.1) is 13.8 Å². The number of nitrogens with zero attached hydrogens (tertiary/aromatic N) is 3. The summed E-state index contributed by atoms with van der Waals surface area (Å²) in [4.78, 5) is 3.02. The summed E-state index contributed by atoms with van der Waals surface area (Å²) in [5.41, 5.74) is 0.878. The summed E-state index contributed by atoms with van der Waals surface area (Å²) in [7, 11) is -2.38. The number of aryl methyl sites for hydroxylation is 2. The first kappa shape index (κ1) is 18.4. The van der Waals surface area contributed by atoms with Crippen molar-refractivity contribution in [1.82, 2.24) is 14.8 Å². The van der Waals surface area contributed by atoms with Crippen molar-refractivity contribution in [2.45, 2.75) is 31.1 Å². The lowest BCUT2D eigenvalue weighted by molar-refractivity contribution is -0.144. The fraction of sp³-hybridized carbons (Fsp3) is 0.385. The van der Waals surface area contributed by atoms with E-state index in [1.807, 2.05) is 0 Å². The van der Waals surface area contributed by atoms with Gasteiger partial charge in [0, 0.05) is 4.90 Å². The second kappa shape index (κ2) is 6.19. The van der Waals surface area contributed by atoms with E-state index in [1.165, 1.54) is 13.0 Å². The Morgan fingerprint density at radius 3 is 2.21 bits per heavy atom. The van der Waals surface area contributed by atoms with E-state index >= 15 is 0 Å². The Bertz CT molecular complexity index is 781. The first-order valence-corrected chi connectivity index (χ1v) is 7.76. The molecule has 2 rings (SSSR count). The molecule has 1 aromatic carbocycles. The van der Waals surface area contributed by atoms with Gasteiger partial charge in [-0.25, -0.2) is 9.67 Å². The van der Waals surface area contributed by atoms with Gasteiger partial charge in [-0.1, -0.05) is 6.07 Å². The summed E-state index contributed by atoms with van der Waals surface area (Å²) >= 11 is 0. The number of benzene rings is 1. The molecule has 0 saturated carbocycles. The van der Waals surface area contributed by atoms with Crippen LogP contribution in [0.5, 0.6) is 0 Å². The molecule has 4 nitrogen and oxygen atoms in total. The smallest absolute Gasteiger partial charge is 0.254 e. The van der Waals surface area contributed by atoms with Gasteiger partial charge in [0.05, 0.1) is 16.5 Å². The standard InChI is InChI=1S/C13H11F6N3OS/c1-7-3-8(2)10(24(23)5-12(14,15)16)4-9(7)22-6-20-11(21-22)13(17,18)19/h3-4,6H,5H2,1-2H3/t24-/m0/s1. The molecular formula is C13H11F6N3OS. The van der Waals surface area contributed by atoms with Crippen LogP contribution >= 0.6 is 0 Å². The maximum absolute atomic E-state index is 12.6. The molecule has 0 aliphatic heterocycles. The summed E-state index contributed by atoms with van der Waals surface area (Å²) in [5.74, 6) is -2.91. The third-order valence-corrected chi connectivity index (χ3v) is 4.55. The van der Waals surface area contributed by atoms with E-state index in [-0.39, 0.29) is 10.6 Å². The lowest BCUT2D eigenvalue weighted by Crippen LogP contribution is -2.19. The molecule has 1 heterocycles. The maximum atomic E-state index is 12.6. The van der Waals surface area contributed by atoms with Gasteiger partial charge in [-0.3, -0.25) is 4.21 Å².